The largest absolute Gasteiger partial charge is 0.246 e. The third-order valence-electron chi connectivity index (χ3n) is 6.47. The zero-order chi connectivity index (χ0) is 20.5. The molecule has 1 heterocycles. The molecule has 1 nitrogen and oxygen atoms in total. The molecule has 0 spiro atoms. The van der Waals surface area contributed by atoms with Crippen LogP contribution in [-0.2, 0) is 0 Å². The summed E-state index contributed by atoms with van der Waals surface area (Å²) in [7, 11) is 0. The predicted octanol–water partition coefficient (Wildman–Crippen LogP) is 8.76. The van der Waals surface area contributed by atoms with Gasteiger partial charge < -0.3 is 0 Å². The van der Waals surface area contributed by atoms with Gasteiger partial charge in [-0.1, -0.05) is 97.1 Å². The van der Waals surface area contributed by atoms with Gasteiger partial charge in [-0.2, -0.15) is 0 Å². The van der Waals surface area contributed by atoms with Crippen LogP contribution in [0.2, 0.25) is 0 Å². The molecule has 144 valence electrons. The highest BCUT2D eigenvalue weighted by molar-refractivity contribution is 9.10. The second kappa shape index (κ2) is 6.26. The third-order valence-corrected chi connectivity index (χ3v) is 7.27. The van der Waals surface area contributed by atoms with E-state index in [2.05, 4.69) is 113 Å². The lowest BCUT2D eigenvalue weighted by molar-refractivity contribution is 1.54. The molecule has 0 amide bonds. The molecule has 0 atom stereocenters. The Morgan fingerprint density at radius 1 is 0.387 bits per heavy atom. The Bertz CT molecular complexity index is 1720. The van der Waals surface area contributed by atoms with Gasteiger partial charge in [0.1, 0.15) is 0 Å². The fraction of sp³-hybridized carbons (Fsp3) is 0. The molecular formula is C29H16BrN. The monoisotopic (exact) mass is 457 g/mol. The minimum atomic E-state index is 1.05. The van der Waals surface area contributed by atoms with Crippen LogP contribution in [0.25, 0.3) is 64.9 Å². The summed E-state index contributed by atoms with van der Waals surface area (Å²) in [5.41, 5.74) is 2.10. The van der Waals surface area contributed by atoms with Crippen LogP contribution in [0.4, 0.5) is 0 Å². The summed E-state index contributed by atoms with van der Waals surface area (Å²) < 4.78 is 1.12. The number of pyridine rings is 1. The van der Waals surface area contributed by atoms with E-state index >= 15 is 0 Å². The van der Waals surface area contributed by atoms with Crippen LogP contribution in [0.3, 0.4) is 0 Å². The summed E-state index contributed by atoms with van der Waals surface area (Å²) in [5, 5.41) is 12.2. The molecule has 6 aromatic carbocycles. The molecule has 0 fully saturated rings. The molecule has 7 rings (SSSR count). The zero-order valence-electron chi connectivity index (χ0n) is 16.6. The topological polar surface area (TPSA) is 12.9 Å². The highest BCUT2D eigenvalue weighted by Crippen LogP contribution is 2.44. The van der Waals surface area contributed by atoms with Gasteiger partial charge in [0.05, 0.1) is 11.0 Å². The maximum absolute atomic E-state index is 5.37. The van der Waals surface area contributed by atoms with Crippen LogP contribution in [-0.4, -0.2) is 4.98 Å². The van der Waals surface area contributed by atoms with E-state index in [-0.39, 0.29) is 0 Å². The summed E-state index contributed by atoms with van der Waals surface area (Å²) in [4.78, 5) is 5.37. The second-order valence-electron chi connectivity index (χ2n) is 8.06. The quantitative estimate of drug-likeness (QED) is 0.164. The third kappa shape index (κ3) is 2.23. The highest BCUT2D eigenvalue weighted by atomic mass is 79.9. The van der Waals surface area contributed by atoms with Crippen molar-refractivity contribution in [2.45, 2.75) is 0 Å². The molecule has 31 heavy (non-hydrogen) atoms. The van der Waals surface area contributed by atoms with Gasteiger partial charge >= 0.3 is 0 Å². The predicted molar refractivity (Wildman–Crippen MR) is 137 cm³/mol. The van der Waals surface area contributed by atoms with Crippen molar-refractivity contribution in [1.82, 2.24) is 4.98 Å². The maximum atomic E-state index is 5.37. The van der Waals surface area contributed by atoms with E-state index in [0.717, 1.165) is 15.5 Å². The van der Waals surface area contributed by atoms with Crippen LogP contribution in [0.5, 0.6) is 0 Å². The summed E-state index contributed by atoms with van der Waals surface area (Å²) in [5.74, 6) is 0. The van der Waals surface area contributed by atoms with Crippen LogP contribution in [0, 0.1) is 0 Å². The van der Waals surface area contributed by atoms with Gasteiger partial charge in [-0.25, -0.2) is 4.98 Å². The molecule has 0 unspecified atom stereocenters. The number of aromatic nitrogens is 1. The molecule has 0 saturated heterocycles. The molecule has 0 aliphatic rings. The first kappa shape index (κ1) is 17.2. The first-order valence-electron chi connectivity index (χ1n) is 10.4. The van der Waals surface area contributed by atoms with Crippen molar-refractivity contribution in [2.24, 2.45) is 0 Å². The van der Waals surface area contributed by atoms with Gasteiger partial charge in [0.15, 0.2) is 0 Å². The molecule has 0 radical (unpaired) electrons. The molecule has 0 aliphatic heterocycles. The fourth-order valence-corrected chi connectivity index (χ4v) is 5.96. The van der Waals surface area contributed by atoms with Crippen molar-refractivity contribution in [1.29, 1.82) is 0 Å². The number of fused-ring (bicyclic) bond motifs is 12. The lowest BCUT2D eigenvalue weighted by Crippen LogP contribution is -1.92. The average molecular weight is 458 g/mol. The van der Waals surface area contributed by atoms with Gasteiger partial charge in [0.25, 0.3) is 0 Å². The molecule has 0 N–H and O–H groups in total. The smallest absolute Gasteiger partial charge is 0.0806 e. The van der Waals surface area contributed by atoms with E-state index in [9.17, 15) is 0 Å². The van der Waals surface area contributed by atoms with E-state index in [1.807, 2.05) is 0 Å². The van der Waals surface area contributed by atoms with Crippen molar-refractivity contribution < 1.29 is 0 Å². The standard InChI is InChI=1S/C29H16BrN/c30-27-25-21-13-5-1-9-17(21)19-11-3-7-15-23(19)28(25)31-29-24-16-8-4-12-20(24)18-10-2-6-14-22(18)26(27)29/h1-16H. The molecule has 1 aromatic heterocycles. The van der Waals surface area contributed by atoms with Gasteiger partial charge in [-0.15, -0.1) is 0 Å². The number of halogens is 1. The Morgan fingerprint density at radius 3 is 1.06 bits per heavy atom. The molecule has 0 bridgehead atoms. The number of benzene rings is 6. The molecule has 0 aliphatic carbocycles. The summed E-state index contributed by atoms with van der Waals surface area (Å²) in [6.07, 6.45) is 0. The number of hydrogen-bond donors (Lipinski definition) is 0. The Labute approximate surface area is 187 Å². The van der Waals surface area contributed by atoms with E-state index in [1.165, 1.54) is 53.9 Å². The Morgan fingerprint density at radius 2 is 0.677 bits per heavy atom. The van der Waals surface area contributed by atoms with Crippen molar-refractivity contribution in [3.05, 3.63) is 102 Å². The summed E-state index contributed by atoms with van der Waals surface area (Å²) in [6.45, 7) is 0. The van der Waals surface area contributed by atoms with Crippen molar-refractivity contribution in [2.75, 3.05) is 0 Å². The normalized spacial score (nSPS) is 12.0. The lowest BCUT2D eigenvalue weighted by atomic mass is 9.93. The van der Waals surface area contributed by atoms with E-state index < -0.39 is 0 Å². The van der Waals surface area contributed by atoms with Crippen LogP contribution < -0.4 is 0 Å². The minimum absolute atomic E-state index is 1.05. The molecule has 0 saturated carbocycles. The van der Waals surface area contributed by atoms with Gasteiger partial charge in [0.2, 0.25) is 0 Å². The minimum Gasteiger partial charge on any atom is -0.246 e. The first-order chi connectivity index (χ1) is 15.3. The van der Waals surface area contributed by atoms with Crippen LogP contribution in [0.15, 0.2) is 102 Å². The van der Waals surface area contributed by atoms with Crippen molar-refractivity contribution in [3.63, 3.8) is 0 Å². The Kier molecular flexibility index (Phi) is 3.47. The first-order valence-corrected chi connectivity index (χ1v) is 11.2. The number of rotatable bonds is 0. The zero-order valence-corrected chi connectivity index (χ0v) is 18.1. The van der Waals surface area contributed by atoms with Gasteiger partial charge in [0, 0.05) is 26.0 Å². The summed E-state index contributed by atoms with van der Waals surface area (Å²) in [6, 6.07) is 34.6. The average Bonchev–Trinajstić information content (AvgIpc) is 2.84. The second-order valence-corrected chi connectivity index (χ2v) is 8.85. The molecular weight excluding hydrogens is 442 g/mol. The van der Waals surface area contributed by atoms with Gasteiger partial charge in [-0.3, -0.25) is 0 Å². The Balaban J connectivity index is 1.90. The van der Waals surface area contributed by atoms with Crippen molar-refractivity contribution in [3.8, 4) is 0 Å². The summed E-state index contributed by atoms with van der Waals surface area (Å²) >= 11 is 4.06. The van der Waals surface area contributed by atoms with E-state index in [1.54, 1.807) is 0 Å². The van der Waals surface area contributed by atoms with Crippen LogP contribution in [0.1, 0.15) is 0 Å². The molecule has 7 aromatic rings. The maximum Gasteiger partial charge on any atom is 0.0806 e. The van der Waals surface area contributed by atoms with E-state index in [4.69, 9.17) is 4.98 Å². The van der Waals surface area contributed by atoms with Gasteiger partial charge in [-0.05, 0) is 48.2 Å². The fourth-order valence-electron chi connectivity index (χ4n) is 5.16. The van der Waals surface area contributed by atoms with Crippen molar-refractivity contribution >= 4 is 80.8 Å². The number of nitrogens with zero attached hydrogens (tertiary/aromatic N) is 1. The molecule has 2 heteroatoms. The number of hydrogen-bond acceptors (Lipinski definition) is 1. The highest BCUT2D eigenvalue weighted by Gasteiger charge is 2.18. The van der Waals surface area contributed by atoms with E-state index in [0.29, 0.717) is 0 Å². The lowest BCUT2D eigenvalue weighted by Gasteiger charge is -2.16. The SMILES string of the molecule is Brc1c2c3ccccc3c3ccccc3c2nc2c3ccccc3c3ccccc3c12. The van der Waals surface area contributed by atoms with Crippen LogP contribution >= 0.6 is 15.9 Å². The Hall–Kier alpha value is -3.49.